The van der Waals surface area contributed by atoms with Gasteiger partial charge in [0.05, 0.1) is 24.4 Å². The van der Waals surface area contributed by atoms with Crippen molar-refractivity contribution in [3.63, 3.8) is 0 Å². The highest BCUT2D eigenvalue weighted by Gasteiger charge is 2.40. The number of nitrogens with zero attached hydrogens (tertiary/aromatic N) is 1. The minimum atomic E-state index is -3.72. The first-order valence-electron chi connectivity index (χ1n) is 23.7. The number of carboxylic acid groups (broad SMARTS) is 1. The number of guanidine groups is 1. The molecule has 8 amide bonds. The first-order valence-corrected chi connectivity index (χ1v) is 25.8. The van der Waals surface area contributed by atoms with Crippen molar-refractivity contribution in [2.75, 3.05) is 57.8 Å². The summed E-state index contributed by atoms with van der Waals surface area (Å²) in [6, 6.07) is -9.34. The number of carboxylic acids is 1. The van der Waals surface area contributed by atoms with Crippen molar-refractivity contribution in [1.82, 2.24) is 47.4 Å². The summed E-state index contributed by atoms with van der Waals surface area (Å²) in [7, 11) is -3.72. The molecular weight excluding hydrogens is 969 g/mol. The van der Waals surface area contributed by atoms with Crippen molar-refractivity contribution in [3.05, 3.63) is 11.8 Å². The van der Waals surface area contributed by atoms with E-state index in [0.29, 0.717) is 38.6 Å². The Hall–Kier alpha value is -6.05. The topological polar surface area (TPSA) is 508 Å². The molecular formula is C42H78N16O13S. The van der Waals surface area contributed by atoms with E-state index in [1.165, 1.54) is 11.8 Å². The molecule has 1 fully saturated rings. The van der Waals surface area contributed by atoms with Gasteiger partial charge < -0.3 is 92.0 Å². The average Bonchev–Trinajstić information content (AvgIpc) is 3.82. The first kappa shape index (κ1) is 64.0. The summed E-state index contributed by atoms with van der Waals surface area (Å²) < 4.78 is 24.5. The summed E-state index contributed by atoms with van der Waals surface area (Å²) in [6.07, 6.45) is 2.83. The molecule has 29 nitrogen and oxygen atoms in total. The van der Waals surface area contributed by atoms with Crippen LogP contribution in [0.1, 0.15) is 84.0 Å². The third kappa shape index (κ3) is 24.4. The second kappa shape index (κ2) is 33.6. The van der Waals surface area contributed by atoms with Crippen LogP contribution in [-0.2, 0) is 53.0 Å². The average molecular weight is 1050 g/mol. The van der Waals surface area contributed by atoms with Gasteiger partial charge in [0.25, 0.3) is 0 Å². The highest BCUT2D eigenvalue weighted by Crippen LogP contribution is 2.20. The van der Waals surface area contributed by atoms with E-state index >= 15 is 0 Å². The second-order valence-electron chi connectivity index (χ2n) is 17.2. The van der Waals surface area contributed by atoms with Gasteiger partial charge in [-0.05, 0) is 97.2 Å². The zero-order chi connectivity index (χ0) is 54.6. The van der Waals surface area contributed by atoms with Gasteiger partial charge in [0.15, 0.2) is 5.96 Å². The van der Waals surface area contributed by atoms with Gasteiger partial charge in [0.1, 0.15) is 51.8 Å². The molecule has 0 aromatic rings. The Morgan fingerprint density at radius 3 is 1.94 bits per heavy atom. The van der Waals surface area contributed by atoms with Crippen molar-refractivity contribution < 1.29 is 61.8 Å². The number of hydrogen-bond donors (Lipinski definition) is 17. The molecule has 1 aliphatic rings. The predicted octanol–water partition coefficient (Wildman–Crippen LogP) is -7.43. The largest absolute Gasteiger partial charge is 0.477 e. The SMILES string of the molecule is C[C@H](NC(=O)[C@@H](NC(=O)[C@@H](N)CCCCN)[C@@H](O)CN)C(=O)NCC(=O)N[C@H](CCCN)C(=O)N1CCC[C@H]1C(=O)N[C@@H](CCS(C)(=O)=O)C(=O)N[C@@H](CCCCN)C(=O)N/C(=C\CCNC(=N)N)C(=O)O. The van der Waals surface area contributed by atoms with Crippen LogP contribution in [-0.4, -0.2) is 189 Å². The smallest absolute Gasteiger partial charge is 0.352 e. The van der Waals surface area contributed by atoms with E-state index < -0.39 is 142 Å². The van der Waals surface area contributed by atoms with E-state index in [-0.39, 0.29) is 70.7 Å². The molecule has 8 atom stereocenters. The molecule has 1 saturated heterocycles. The fraction of sp³-hybridized carbons (Fsp3) is 0.714. The maximum absolute atomic E-state index is 14.1. The number of carbonyl (C=O) groups is 9. The van der Waals surface area contributed by atoms with Gasteiger partial charge in [0.2, 0.25) is 47.3 Å². The lowest BCUT2D eigenvalue weighted by Crippen LogP contribution is -2.60. The number of aliphatic hydroxyl groups is 1. The number of nitrogens with one attached hydrogen (secondary N) is 9. The fourth-order valence-corrected chi connectivity index (χ4v) is 7.79. The van der Waals surface area contributed by atoms with Crippen molar-refractivity contribution in [1.29, 1.82) is 5.41 Å². The number of likely N-dealkylation sites (tertiary alicyclic amines) is 1. The first-order chi connectivity index (χ1) is 33.9. The van der Waals surface area contributed by atoms with Gasteiger partial charge >= 0.3 is 5.97 Å². The van der Waals surface area contributed by atoms with Crippen molar-refractivity contribution >= 4 is 69.0 Å². The molecule has 1 heterocycles. The highest BCUT2D eigenvalue weighted by atomic mass is 32.2. The Kier molecular flexibility index (Phi) is 29.8. The van der Waals surface area contributed by atoms with E-state index in [1.54, 1.807) is 0 Å². The number of aliphatic carboxylic acids is 1. The fourth-order valence-electron chi connectivity index (χ4n) is 7.13. The van der Waals surface area contributed by atoms with Crippen molar-refractivity contribution in [3.8, 4) is 0 Å². The Morgan fingerprint density at radius 1 is 0.750 bits per heavy atom. The van der Waals surface area contributed by atoms with Crippen molar-refractivity contribution in [2.45, 2.75) is 132 Å². The summed E-state index contributed by atoms with van der Waals surface area (Å²) in [6.45, 7) is 0.979. The van der Waals surface area contributed by atoms with Crippen LogP contribution < -0.4 is 76.9 Å². The zero-order valence-corrected chi connectivity index (χ0v) is 41.9. The van der Waals surface area contributed by atoms with Gasteiger partial charge in [-0.2, -0.15) is 0 Å². The number of nitrogens with two attached hydrogens (primary N) is 6. The van der Waals surface area contributed by atoms with Gasteiger partial charge in [-0.1, -0.05) is 12.5 Å². The normalized spacial score (nSPS) is 16.6. The lowest BCUT2D eigenvalue weighted by molar-refractivity contribution is -0.142. The second-order valence-corrected chi connectivity index (χ2v) is 19.5. The van der Waals surface area contributed by atoms with Gasteiger partial charge in [-0.25, -0.2) is 13.2 Å². The lowest BCUT2D eigenvalue weighted by atomic mass is 10.1. The number of hydrogen-bond acceptors (Lipinski definition) is 18. The van der Waals surface area contributed by atoms with Crippen LogP contribution in [0.2, 0.25) is 0 Å². The van der Waals surface area contributed by atoms with E-state index in [4.69, 9.17) is 39.8 Å². The molecule has 0 bridgehead atoms. The molecule has 0 unspecified atom stereocenters. The summed E-state index contributed by atoms with van der Waals surface area (Å²) >= 11 is 0. The maximum Gasteiger partial charge on any atom is 0.352 e. The maximum atomic E-state index is 14.1. The van der Waals surface area contributed by atoms with Gasteiger partial charge in [-0.3, -0.25) is 43.8 Å². The Labute approximate surface area is 419 Å². The van der Waals surface area contributed by atoms with Crippen LogP contribution in [0, 0.1) is 5.41 Å². The number of carbonyl (C=O) groups excluding carboxylic acids is 8. The minimum absolute atomic E-state index is 0.000652. The molecule has 1 rings (SSSR count). The quantitative estimate of drug-likeness (QED) is 0.0121. The van der Waals surface area contributed by atoms with Crippen LogP contribution in [0.5, 0.6) is 0 Å². The Balaban J connectivity index is 3.19. The standard InChI is InChI=1S/C42H78N16O13S/c1-24(52-39(66)33(31(59)22-46)57-35(62)25(47)10-3-5-16-43)34(61)51-23-32(60)53-28(12-7-18-45)40(67)58-20-9-14-30(58)38(65)55-27(15-21-72(2,70)71)37(64)54-26(11-4-6-17-44)36(63)56-29(41(68)69)13-8-19-50-42(48)49/h13,24-28,30-31,33,59H,3-12,14-23,43-47H2,1-2H3,(H,51,61)(H,52,66)(H,53,60)(H,54,64)(H,55,65)(H,56,63)(H,57,62)(H,68,69)(H4,48,49,50)/b29-13-/t24-,25-,26-,27-,28+,30-,31-,33-/m0/s1. The number of sulfone groups is 1. The summed E-state index contributed by atoms with van der Waals surface area (Å²) in [5.74, 6) is -9.35. The highest BCUT2D eigenvalue weighted by molar-refractivity contribution is 7.90. The molecule has 0 saturated carbocycles. The molecule has 23 N–H and O–H groups in total. The van der Waals surface area contributed by atoms with Crippen LogP contribution in [0.3, 0.4) is 0 Å². The van der Waals surface area contributed by atoms with Gasteiger partial charge in [-0.15, -0.1) is 0 Å². The number of aliphatic hydroxyl groups excluding tert-OH is 1. The molecule has 72 heavy (non-hydrogen) atoms. The van der Waals surface area contributed by atoms with E-state index in [9.17, 15) is 61.8 Å². The molecule has 0 aliphatic carbocycles. The molecule has 1 aliphatic heterocycles. The van der Waals surface area contributed by atoms with E-state index in [0.717, 1.165) is 12.3 Å². The van der Waals surface area contributed by atoms with Crippen LogP contribution in [0.4, 0.5) is 0 Å². The molecule has 410 valence electrons. The van der Waals surface area contributed by atoms with Crippen LogP contribution in [0.25, 0.3) is 0 Å². The van der Waals surface area contributed by atoms with Crippen LogP contribution >= 0.6 is 0 Å². The third-order valence-corrected chi connectivity index (χ3v) is 12.1. The van der Waals surface area contributed by atoms with Gasteiger partial charge in [0, 0.05) is 25.9 Å². The minimum Gasteiger partial charge on any atom is -0.477 e. The van der Waals surface area contributed by atoms with E-state index in [2.05, 4.69) is 42.5 Å². The third-order valence-electron chi connectivity index (χ3n) is 11.1. The van der Waals surface area contributed by atoms with Crippen LogP contribution in [0.15, 0.2) is 11.8 Å². The molecule has 0 spiro atoms. The van der Waals surface area contributed by atoms with E-state index in [1.807, 2.05) is 0 Å². The zero-order valence-electron chi connectivity index (χ0n) is 41.0. The Morgan fingerprint density at radius 2 is 1.36 bits per heavy atom. The summed E-state index contributed by atoms with van der Waals surface area (Å²) in [5.41, 5.74) is 33.0. The molecule has 0 aromatic heterocycles. The lowest BCUT2D eigenvalue weighted by Gasteiger charge is -2.30. The number of amides is 8. The molecule has 0 radical (unpaired) electrons. The molecule has 30 heteroatoms. The predicted molar refractivity (Wildman–Crippen MR) is 263 cm³/mol. The number of rotatable bonds is 35. The van der Waals surface area contributed by atoms with Crippen molar-refractivity contribution in [2.24, 2.45) is 34.4 Å². The Bertz CT molecular complexity index is 2000. The summed E-state index contributed by atoms with van der Waals surface area (Å²) in [4.78, 5) is 120. The monoisotopic (exact) mass is 1050 g/mol. The molecule has 0 aromatic carbocycles. The number of unbranched alkanes of at least 4 members (excludes halogenated alkanes) is 2. The summed E-state index contributed by atoms with van der Waals surface area (Å²) in [5, 5.41) is 46.6.